The molecule has 3 aromatic rings. The van der Waals surface area contributed by atoms with Crippen molar-refractivity contribution in [3.05, 3.63) is 20.8 Å². The molecule has 3 rings (SSSR count). The van der Waals surface area contributed by atoms with Crippen molar-refractivity contribution in [1.82, 2.24) is 30.2 Å². The molecule has 3 heterocycles. The number of hydrogen-bond donors (Lipinski definition) is 4. The molecular formula is C7H5N7O3. The molecule has 5 N–H and O–H groups in total. The van der Waals surface area contributed by atoms with Crippen LogP contribution >= 0.6 is 0 Å². The van der Waals surface area contributed by atoms with E-state index in [9.17, 15) is 9.59 Å². The van der Waals surface area contributed by atoms with E-state index in [1.165, 1.54) is 0 Å². The number of imidazole rings is 1. The van der Waals surface area contributed by atoms with Gasteiger partial charge in [0.05, 0.1) is 0 Å². The summed E-state index contributed by atoms with van der Waals surface area (Å²) in [5.74, 6) is 0.217. The van der Waals surface area contributed by atoms with Crippen molar-refractivity contribution in [1.29, 1.82) is 0 Å². The van der Waals surface area contributed by atoms with Crippen molar-refractivity contribution < 1.29 is 4.63 Å². The Morgan fingerprint density at radius 3 is 2.65 bits per heavy atom. The van der Waals surface area contributed by atoms with Crippen molar-refractivity contribution in [3.63, 3.8) is 0 Å². The van der Waals surface area contributed by atoms with Gasteiger partial charge in [-0.1, -0.05) is 0 Å². The third-order valence-electron chi connectivity index (χ3n) is 2.13. The lowest BCUT2D eigenvalue weighted by Gasteiger charge is -1.85. The second kappa shape index (κ2) is 3.04. The van der Waals surface area contributed by atoms with Crippen LogP contribution in [0.25, 0.3) is 22.7 Å². The molecule has 0 atom stereocenters. The molecule has 0 bridgehead atoms. The molecule has 0 radical (unpaired) electrons. The summed E-state index contributed by atoms with van der Waals surface area (Å²) in [6.45, 7) is 0. The molecule has 0 spiro atoms. The van der Waals surface area contributed by atoms with E-state index >= 15 is 0 Å². The number of rotatable bonds is 1. The third kappa shape index (κ3) is 1.31. The lowest BCUT2D eigenvalue weighted by Crippen LogP contribution is -2.21. The number of anilines is 1. The molecule has 10 nitrogen and oxygen atoms in total. The van der Waals surface area contributed by atoms with Crippen LogP contribution in [0.4, 0.5) is 5.82 Å². The summed E-state index contributed by atoms with van der Waals surface area (Å²) >= 11 is 0. The first kappa shape index (κ1) is 9.33. The molecule has 0 aliphatic heterocycles. The van der Waals surface area contributed by atoms with Gasteiger partial charge in [0, 0.05) is 0 Å². The molecule has 0 amide bonds. The predicted molar refractivity (Wildman–Crippen MR) is 55.0 cm³/mol. The third-order valence-corrected chi connectivity index (χ3v) is 2.13. The van der Waals surface area contributed by atoms with Gasteiger partial charge in [0.1, 0.15) is 5.52 Å². The number of nitrogen functional groups attached to an aromatic ring is 1. The fourth-order valence-electron chi connectivity index (χ4n) is 1.40. The van der Waals surface area contributed by atoms with Crippen molar-refractivity contribution in [3.8, 4) is 11.5 Å². The Balaban J connectivity index is 2.35. The molecule has 0 aromatic carbocycles. The van der Waals surface area contributed by atoms with Gasteiger partial charge in [0.25, 0.3) is 5.56 Å². The first-order valence-electron chi connectivity index (χ1n) is 4.46. The topological polar surface area (TPSA) is 159 Å². The molecule has 86 valence electrons. The second-order valence-corrected chi connectivity index (χ2v) is 3.22. The lowest BCUT2D eigenvalue weighted by molar-refractivity contribution is 0.310. The Kier molecular flexibility index (Phi) is 1.67. The number of aromatic nitrogens is 6. The van der Waals surface area contributed by atoms with Crippen molar-refractivity contribution in [2.75, 3.05) is 5.73 Å². The highest BCUT2D eigenvalue weighted by Gasteiger charge is 2.15. The van der Waals surface area contributed by atoms with E-state index in [1.807, 2.05) is 0 Å². The second-order valence-electron chi connectivity index (χ2n) is 3.22. The van der Waals surface area contributed by atoms with E-state index in [1.54, 1.807) is 0 Å². The van der Waals surface area contributed by atoms with Crippen LogP contribution in [0.5, 0.6) is 0 Å². The Labute approximate surface area is 90.8 Å². The SMILES string of the molecule is Nc1nonc1-c1nc2[nH]c(=O)[nH]c(=O)c2[nH]1. The van der Waals surface area contributed by atoms with Gasteiger partial charge in [-0.3, -0.25) is 14.8 Å². The Bertz CT molecular complexity index is 807. The minimum atomic E-state index is -0.646. The van der Waals surface area contributed by atoms with E-state index in [0.717, 1.165) is 0 Å². The smallest absolute Gasteiger partial charge is 0.327 e. The van der Waals surface area contributed by atoms with Crippen molar-refractivity contribution in [2.45, 2.75) is 0 Å². The number of nitrogens with two attached hydrogens (primary N) is 1. The van der Waals surface area contributed by atoms with Gasteiger partial charge in [0.2, 0.25) is 0 Å². The summed E-state index contributed by atoms with van der Waals surface area (Å²) in [5.41, 5.74) is 4.63. The fraction of sp³-hybridized carbons (Fsp3) is 0. The highest BCUT2D eigenvalue weighted by Crippen LogP contribution is 2.19. The van der Waals surface area contributed by atoms with Crippen LogP contribution in [0.1, 0.15) is 0 Å². The summed E-state index contributed by atoms with van der Waals surface area (Å²) in [6, 6.07) is 0. The van der Waals surface area contributed by atoms with Crippen LogP contribution in [-0.2, 0) is 0 Å². The van der Waals surface area contributed by atoms with E-state index in [-0.39, 0.29) is 28.5 Å². The molecule has 10 heteroatoms. The number of fused-ring (bicyclic) bond motifs is 1. The molecular weight excluding hydrogens is 230 g/mol. The quantitative estimate of drug-likeness (QED) is 0.402. The number of H-pyrrole nitrogens is 3. The van der Waals surface area contributed by atoms with Gasteiger partial charge in [-0.15, -0.1) is 0 Å². The van der Waals surface area contributed by atoms with Crippen LogP contribution in [0.15, 0.2) is 14.2 Å². The zero-order valence-electron chi connectivity index (χ0n) is 8.14. The van der Waals surface area contributed by atoms with Gasteiger partial charge in [-0.25, -0.2) is 14.4 Å². The van der Waals surface area contributed by atoms with E-state index < -0.39 is 11.2 Å². The fourth-order valence-corrected chi connectivity index (χ4v) is 1.40. The average molecular weight is 235 g/mol. The minimum absolute atomic E-state index is 0.0304. The molecule has 0 aliphatic carbocycles. The minimum Gasteiger partial charge on any atom is -0.379 e. The molecule has 3 aromatic heterocycles. The Morgan fingerprint density at radius 1 is 1.12 bits per heavy atom. The molecule has 0 unspecified atom stereocenters. The number of aromatic amines is 3. The summed E-state index contributed by atoms with van der Waals surface area (Å²) in [6.07, 6.45) is 0. The van der Waals surface area contributed by atoms with Crippen LogP contribution in [0, 0.1) is 0 Å². The van der Waals surface area contributed by atoms with E-state index in [0.29, 0.717) is 0 Å². The Morgan fingerprint density at radius 2 is 1.94 bits per heavy atom. The average Bonchev–Trinajstić information content (AvgIpc) is 2.83. The number of nitrogens with one attached hydrogen (secondary N) is 3. The van der Waals surface area contributed by atoms with Crippen LogP contribution in [-0.4, -0.2) is 30.2 Å². The van der Waals surface area contributed by atoms with Gasteiger partial charge >= 0.3 is 5.69 Å². The predicted octanol–water partition coefficient (Wildman–Crippen LogP) is -1.43. The van der Waals surface area contributed by atoms with Crippen LogP contribution in [0.3, 0.4) is 0 Å². The highest BCUT2D eigenvalue weighted by atomic mass is 16.6. The summed E-state index contributed by atoms with van der Waals surface area (Å²) < 4.78 is 4.41. The molecule has 17 heavy (non-hydrogen) atoms. The van der Waals surface area contributed by atoms with E-state index in [4.69, 9.17) is 5.73 Å². The Hall–Kier alpha value is -2.91. The van der Waals surface area contributed by atoms with Gasteiger partial charge < -0.3 is 10.7 Å². The van der Waals surface area contributed by atoms with Gasteiger partial charge in [0.15, 0.2) is 23.0 Å². The molecule has 0 aliphatic rings. The van der Waals surface area contributed by atoms with Crippen LogP contribution < -0.4 is 17.0 Å². The van der Waals surface area contributed by atoms with Gasteiger partial charge in [-0.05, 0) is 10.3 Å². The summed E-state index contributed by atoms with van der Waals surface area (Å²) in [4.78, 5) is 33.5. The normalized spacial score (nSPS) is 11.1. The van der Waals surface area contributed by atoms with Crippen molar-refractivity contribution >= 4 is 17.0 Å². The van der Waals surface area contributed by atoms with Gasteiger partial charge in [-0.2, -0.15) is 0 Å². The molecule has 0 saturated heterocycles. The molecule has 0 fully saturated rings. The van der Waals surface area contributed by atoms with Crippen LogP contribution in [0.2, 0.25) is 0 Å². The van der Waals surface area contributed by atoms with E-state index in [2.05, 4.69) is 34.9 Å². The standard InChI is InChI=1S/C7H5N7O3/c8-3-1(13-17-14-3)4-9-2-5(10-4)11-7(16)12-6(2)15/h(H2,8,14)(H3,9,10,11,12,15,16). The maximum Gasteiger partial charge on any atom is 0.327 e. The number of nitrogens with zero attached hydrogens (tertiary/aromatic N) is 3. The first-order valence-corrected chi connectivity index (χ1v) is 4.46. The molecule has 0 saturated carbocycles. The first-order chi connectivity index (χ1) is 8.15. The highest BCUT2D eigenvalue weighted by molar-refractivity contribution is 5.75. The zero-order valence-corrected chi connectivity index (χ0v) is 8.14. The zero-order chi connectivity index (χ0) is 12.0. The summed E-state index contributed by atoms with van der Waals surface area (Å²) in [5, 5.41) is 6.90. The monoisotopic (exact) mass is 235 g/mol. The largest absolute Gasteiger partial charge is 0.379 e. The summed E-state index contributed by atoms with van der Waals surface area (Å²) in [7, 11) is 0. The number of hydrogen-bond acceptors (Lipinski definition) is 7. The maximum atomic E-state index is 11.4. The maximum absolute atomic E-state index is 11.4. The van der Waals surface area contributed by atoms with Crippen molar-refractivity contribution in [2.24, 2.45) is 0 Å². The lowest BCUT2D eigenvalue weighted by atomic mass is 10.4.